The Bertz CT molecular complexity index is 500. The summed E-state index contributed by atoms with van der Waals surface area (Å²) < 4.78 is 1.56. The standard InChI is InChI=1S/C9H11N3OS/c1-11(2)6-7-5-8(13)12-3-4-14-9(12)10-7/h3-5H,6H2,1-2H3. The summed E-state index contributed by atoms with van der Waals surface area (Å²) in [6, 6.07) is 1.58. The highest BCUT2D eigenvalue weighted by molar-refractivity contribution is 7.15. The molecule has 0 unspecified atom stereocenters. The summed E-state index contributed by atoms with van der Waals surface area (Å²) in [4.78, 5) is 18.7. The molecular formula is C9H11N3OS. The van der Waals surface area contributed by atoms with Gasteiger partial charge in [-0.2, -0.15) is 0 Å². The van der Waals surface area contributed by atoms with E-state index < -0.39 is 0 Å². The van der Waals surface area contributed by atoms with Crippen molar-refractivity contribution in [3.05, 3.63) is 33.7 Å². The van der Waals surface area contributed by atoms with Crippen LogP contribution in [0.5, 0.6) is 0 Å². The number of aromatic nitrogens is 2. The monoisotopic (exact) mass is 209 g/mol. The lowest BCUT2D eigenvalue weighted by Crippen LogP contribution is -2.17. The second kappa shape index (κ2) is 3.51. The van der Waals surface area contributed by atoms with E-state index in [0.717, 1.165) is 10.7 Å². The number of hydrogen-bond acceptors (Lipinski definition) is 4. The van der Waals surface area contributed by atoms with Crippen molar-refractivity contribution in [3.8, 4) is 0 Å². The van der Waals surface area contributed by atoms with Crippen LogP contribution in [0.4, 0.5) is 0 Å². The van der Waals surface area contributed by atoms with Gasteiger partial charge in [0.25, 0.3) is 5.56 Å². The molecule has 0 atom stereocenters. The van der Waals surface area contributed by atoms with Gasteiger partial charge >= 0.3 is 0 Å². The van der Waals surface area contributed by atoms with E-state index in [9.17, 15) is 4.79 Å². The number of fused-ring (bicyclic) bond motifs is 1. The van der Waals surface area contributed by atoms with Crippen molar-refractivity contribution in [1.29, 1.82) is 0 Å². The summed E-state index contributed by atoms with van der Waals surface area (Å²) in [5.74, 6) is 0. The maximum atomic E-state index is 11.6. The zero-order chi connectivity index (χ0) is 10.1. The van der Waals surface area contributed by atoms with Crippen molar-refractivity contribution in [2.75, 3.05) is 14.1 Å². The summed E-state index contributed by atoms with van der Waals surface area (Å²) in [6.45, 7) is 0.698. The molecule has 2 heterocycles. The molecular weight excluding hydrogens is 198 g/mol. The number of nitrogens with zero attached hydrogens (tertiary/aromatic N) is 3. The van der Waals surface area contributed by atoms with Crippen molar-refractivity contribution < 1.29 is 0 Å². The molecule has 0 aliphatic rings. The highest BCUT2D eigenvalue weighted by Crippen LogP contribution is 2.06. The maximum Gasteiger partial charge on any atom is 0.258 e. The zero-order valence-corrected chi connectivity index (χ0v) is 8.91. The normalized spacial score (nSPS) is 11.4. The van der Waals surface area contributed by atoms with Crippen LogP contribution in [0.1, 0.15) is 5.69 Å². The lowest BCUT2D eigenvalue weighted by molar-refractivity contribution is 0.397. The molecule has 2 rings (SSSR count). The lowest BCUT2D eigenvalue weighted by atomic mass is 10.4. The van der Waals surface area contributed by atoms with Crippen molar-refractivity contribution in [2.24, 2.45) is 0 Å². The third kappa shape index (κ3) is 1.69. The van der Waals surface area contributed by atoms with Gasteiger partial charge in [-0.15, -0.1) is 11.3 Å². The van der Waals surface area contributed by atoms with Crippen LogP contribution in [0.15, 0.2) is 22.4 Å². The Morgan fingerprint density at radius 1 is 1.57 bits per heavy atom. The first kappa shape index (κ1) is 9.36. The third-order valence-electron chi connectivity index (χ3n) is 1.83. The summed E-state index contributed by atoms with van der Waals surface area (Å²) in [7, 11) is 3.91. The molecule has 0 saturated carbocycles. The third-order valence-corrected chi connectivity index (χ3v) is 2.59. The summed E-state index contributed by atoms with van der Waals surface area (Å²) in [5.41, 5.74) is 0.815. The highest BCUT2D eigenvalue weighted by atomic mass is 32.1. The highest BCUT2D eigenvalue weighted by Gasteiger charge is 2.03. The molecule has 0 aromatic carbocycles. The van der Waals surface area contributed by atoms with E-state index in [2.05, 4.69) is 4.98 Å². The van der Waals surface area contributed by atoms with Crippen LogP contribution >= 0.6 is 11.3 Å². The maximum absolute atomic E-state index is 11.6. The average molecular weight is 209 g/mol. The molecule has 0 radical (unpaired) electrons. The van der Waals surface area contributed by atoms with Crippen molar-refractivity contribution in [1.82, 2.24) is 14.3 Å². The summed E-state index contributed by atoms with van der Waals surface area (Å²) >= 11 is 1.48. The Balaban J connectivity index is 2.53. The Kier molecular flexibility index (Phi) is 2.35. The molecule has 4 nitrogen and oxygen atoms in total. The molecule has 0 fully saturated rings. The fraction of sp³-hybridized carbons (Fsp3) is 0.333. The van der Waals surface area contributed by atoms with Crippen LogP contribution in [0.25, 0.3) is 4.96 Å². The molecule has 0 N–H and O–H groups in total. The minimum atomic E-state index is -0.00639. The zero-order valence-electron chi connectivity index (χ0n) is 8.10. The van der Waals surface area contributed by atoms with Gasteiger partial charge in [-0.3, -0.25) is 9.20 Å². The molecule has 0 aliphatic heterocycles. The van der Waals surface area contributed by atoms with Gasteiger partial charge in [0.2, 0.25) is 0 Å². The molecule has 2 aromatic rings. The van der Waals surface area contributed by atoms with Crippen LogP contribution in [-0.4, -0.2) is 28.4 Å². The van der Waals surface area contributed by atoms with Crippen molar-refractivity contribution in [3.63, 3.8) is 0 Å². The fourth-order valence-corrected chi connectivity index (χ4v) is 2.03. The molecule has 0 aliphatic carbocycles. The topological polar surface area (TPSA) is 37.6 Å². The van der Waals surface area contributed by atoms with Gasteiger partial charge in [-0.25, -0.2) is 4.98 Å². The van der Waals surface area contributed by atoms with Gasteiger partial charge in [-0.05, 0) is 14.1 Å². The number of hydrogen-bond donors (Lipinski definition) is 0. The van der Waals surface area contributed by atoms with Crippen LogP contribution in [0.2, 0.25) is 0 Å². The summed E-state index contributed by atoms with van der Waals surface area (Å²) in [6.07, 6.45) is 1.74. The fourth-order valence-electron chi connectivity index (χ4n) is 1.29. The second-order valence-electron chi connectivity index (χ2n) is 3.38. The predicted octanol–water partition coefficient (Wildman–Crippen LogP) is 0.818. The van der Waals surface area contributed by atoms with Crippen molar-refractivity contribution in [2.45, 2.75) is 6.54 Å². The van der Waals surface area contributed by atoms with Gasteiger partial charge in [-0.1, -0.05) is 0 Å². The van der Waals surface area contributed by atoms with E-state index in [1.54, 1.807) is 16.7 Å². The molecule has 2 aromatic heterocycles. The Labute approximate surface area is 85.4 Å². The Morgan fingerprint density at radius 2 is 2.36 bits per heavy atom. The lowest BCUT2D eigenvalue weighted by Gasteiger charge is -2.07. The number of thiazole rings is 1. The van der Waals surface area contributed by atoms with Crippen molar-refractivity contribution >= 4 is 16.3 Å². The average Bonchev–Trinajstić information content (AvgIpc) is 2.50. The van der Waals surface area contributed by atoms with Crippen LogP contribution in [0.3, 0.4) is 0 Å². The quantitative estimate of drug-likeness (QED) is 0.735. The summed E-state index contributed by atoms with van der Waals surface area (Å²) in [5, 5.41) is 1.86. The molecule has 14 heavy (non-hydrogen) atoms. The SMILES string of the molecule is CN(C)Cc1cc(=O)n2ccsc2n1. The first-order chi connectivity index (χ1) is 6.66. The molecule has 5 heteroatoms. The van der Waals surface area contributed by atoms with Crippen LogP contribution in [-0.2, 0) is 6.54 Å². The molecule has 0 spiro atoms. The Morgan fingerprint density at radius 3 is 3.07 bits per heavy atom. The van der Waals surface area contributed by atoms with Gasteiger partial charge < -0.3 is 4.90 Å². The molecule has 74 valence electrons. The first-order valence-corrected chi connectivity index (χ1v) is 5.15. The van der Waals surface area contributed by atoms with Crippen LogP contribution < -0.4 is 5.56 Å². The predicted molar refractivity (Wildman–Crippen MR) is 56.7 cm³/mol. The van der Waals surface area contributed by atoms with Gasteiger partial charge in [0, 0.05) is 24.2 Å². The largest absolute Gasteiger partial charge is 0.304 e. The van der Waals surface area contributed by atoms with Gasteiger partial charge in [0.05, 0.1) is 5.69 Å². The van der Waals surface area contributed by atoms with E-state index in [1.165, 1.54) is 11.3 Å². The molecule has 0 bridgehead atoms. The number of rotatable bonds is 2. The van der Waals surface area contributed by atoms with Gasteiger partial charge in [0.15, 0.2) is 4.96 Å². The Hall–Kier alpha value is -1.20. The first-order valence-electron chi connectivity index (χ1n) is 4.27. The van der Waals surface area contributed by atoms with E-state index in [1.807, 2.05) is 24.4 Å². The van der Waals surface area contributed by atoms with Crippen LogP contribution in [0, 0.1) is 0 Å². The minimum Gasteiger partial charge on any atom is -0.304 e. The van der Waals surface area contributed by atoms with E-state index in [-0.39, 0.29) is 5.56 Å². The molecule has 0 amide bonds. The molecule has 0 saturated heterocycles. The van der Waals surface area contributed by atoms with Gasteiger partial charge in [0.1, 0.15) is 0 Å². The minimum absolute atomic E-state index is 0.00639. The van der Waals surface area contributed by atoms with E-state index >= 15 is 0 Å². The smallest absolute Gasteiger partial charge is 0.258 e. The van der Waals surface area contributed by atoms with E-state index in [0.29, 0.717) is 6.54 Å². The van der Waals surface area contributed by atoms with E-state index in [4.69, 9.17) is 0 Å². The second-order valence-corrected chi connectivity index (χ2v) is 4.25.